The summed E-state index contributed by atoms with van der Waals surface area (Å²) in [5.41, 5.74) is 3.62. The summed E-state index contributed by atoms with van der Waals surface area (Å²) >= 11 is 3.74. The van der Waals surface area contributed by atoms with E-state index in [1.165, 1.54) is 11.1 Å². The number of benzene rings is 1. The van der Waals surface area contributed by atoms with Crippen molar-refractivity contribution in [1.82, 2.24) is 4.98 Å². The average Bonchev–Trinajstić information content (AvgIpc) is 2.42. The quantitative estimate of drug-likeness (QED) is 0.759. The summed E-state index contributed by atoms with van der Waals surface area (Å²) in [6, 6.07) is 12.3. The van der Waals surface area contributed by atoms with E-state index in [9.17, 15) is 0 Å². The van der Waals surface area contributed by atoms with Gasteiger partial charge in [0.2, 0.25) is 0 Å². The van der Waals surface area contributed by atoms with Crippen LogP contribution in [0, 0.1) is 6.92 Å². The van der Waals surface area contributed by atoms with Gasteiger partial charge in [-0.15, -0.1) is 0 Å². The zero-order valence-corrected chi connectivity index (χ0v) is 12.9. The summed E-state index contributed by atoms with van der Waals surface area (Å²) in [6.45, 7) is 4.79. The number of rotatable bonds is 5. The third-order valence-corrected chi connectivity index (χ3v) is 3.90. The van der Waals surface area contributed by atoms with Gasteiger partial charge in [0.25, 0.3) is 0 Å². The van der Waals surface area contributed by atoms with E-state index in [4.69, 9.17) is 4.74 Å². The molecule has 1 unspecified atom stereocenters. The van der Waals surface area contributed by atoms with Crippen LogP contribution in [0.3, 0.4) is 0 Å². The third kappa shape index (κ3) is 3.80. The van der Waals surface area contributed by atoms with E-state index < -0.39 is 0 Å². The number of halogens is 1. The molecule has 1 aromatic carbocycles. The first kappa shape index (κ1) is 14.1. The first-order valence-electron chi connectivity index (χ1n) is 6.48. The topological polar surface area (TPSA) is 22.1 Å². The van der Waals surface area contributed by atoms with Crippen LogP contribution in [-0.2, 0) is 6.42 Å². The molecule has 0 aliphatic rings. The Bertz CT molecular complexity index is 525. The standard InChI is InChI=1S/C16H18BrNO/c1-3-19-14-8-6-13(7-9-14)15(17)11-16-12(2)5-4-10-18-16/h4-10,15H,3,11H2,1-2H3. The fraction of sp³-hybridized carbons (Fsp3) is 0.312. The van der Waals surface area contributed by atoms with Gasteiger partial charge in [-0.2, -0.15) is 0 Å². The molecule has 0 saturated heterocycles. The molecule has 0 N–H and O–H groups in total. The van der Waals surface area contributed by atoms with Crippen molar-refractivity contribution in [2.24, 2.45) is 0 Å². The highest BCUT2D eigenvalue weighted by Gasteiger charge is 2.11. The maximum atomic E-state index is 5.45. The van der Waals surface area contributed by atoms with Gasteiger partial charge in [0, 0.05) is 23.1 Å². The Hall–Kier alpha value is -1.35. The molecule has 0 bridgehead atoms. The van der Waals surface area contributed by atoms with E-state index in [0.29, 0.717) is 6.61 Å². The first-order chi connectivity index (χ1) is 9.20. The van der Waals surface area contributed by atoms with Crippen LogP contribution >= 0.6 is 15.9 Å². The van der Waals surface area contributed by atoms with Gasteiger partial charge in [-0.25, -0.2) is 0 Å². The maximum Gasteiger partial charge on any atom is 0.119 e. The van der Waals surface area contributed by atoms with Gasteiger partial charge in [-0.3, -0.25) is 4.98 Å². The Labute approximate surface area is 123 Å². The minimum absolute atomic E-state index is 0.275. The van der Waals surface area contributed by atoms with Crippen molar-refractivity contribution in [3.05, 3.63) is 59.4 Å². The van der Waals surface area contributed by atoms with Gasteiger partial charge < -0.3 is 4.74 Å². The van der Waals surface area contributed by atoms with Crippen LogP contribution in [0.15, 0.2) is 42.6 Å². The predicted octanol–water partition coefficient (Wildman–Crippen LogP) is 4.47. The lowest BCUT2D eigenvalue weighted by Gasteiger charge is -2.12. The lowest BCUT2D eigenvalue weighted by atomic mass is 10.1. The normalized spacial score (nSPS) is 12.2. The third-order valence-electron chi connectivity index (χ3n) is 3.04. The number of hydrogen-bond donors (Lipinski definition) is 0. The molecule has 1 heterocycles. The highest BCUT2D eigenvalue weighted by molar-refractivity contribution is 9.09. The molecule has 1 aromatic heterocycles. The van der Waals surface area contributed by atoms with Crippen molar-refractivity contribution in [2.75, 3.05) is 6.61 Å². The molecule has 0 spiro atoms. The van der Waals surface area contributed by atoms with Crippen LogP contribution in [-0.4, -0.2) is 11.6 Å². The second-order valence-electron chi connectivity index (χ2n) is 4.44. The zero-order chi connectivity index (χ0) is 13.7. The zero-order valence-electron chi connectivity index (χ0n) is 11.3. The Morgan fingerprint density at radius 2 is 1.95 bits per heavy atom. The SMILES string of the molecule is CCOc1ccc(C(Br)Cc2ncccc2C)cc1. The molecule has 100 valence electrons. The molecule has 2 aromatic rings. The van der Waals surface area contributed by atoms with Crippen molar-refractivity contribution in [3.63, 3.8) is 0 Å². The molecule has 2 nitrogen and oxygen atoms in total. The van der Waals surface area contributed by atoms with Crippen LogP contribution in [0.2, 0.25) is 0 Å². The predicted molar refractivity (Wildman–Crippen MR) is 82.0 cm³/mol. The van der Waals surface area contributed by atoms with E-state index in [0.717, 1.165) is 17.9 Å². The van der Waals surface area contributed by atoms with Gasteiger partial charge in [0.1, 0.15) is 5.75 Å². The number of hydrogen-bond acceptors (Lipinski definition) is 2. The molecule has 2 rings (SSSR count). The Kier molecular flexibility index (Phi) is 4.97. The van der Waals surface area contributed by atoms with Crippen molar-refractivity contribution < 1.29 is 4.74 Å². The van der Waals surface area contributed by atoms with Gasteiger partial charge in [0.15, 0.2) is 0 Å². The lowest BCUT2D eigenvalue weighted by Crippen LogP contribution is -2.00. The number of pyridine rings is 1. The molecule has 0 saturated carbocycles. The van der Waals surface area contributed by atoms with Gasteiger partial charge in [0.05, 0.1) is 6.61 Å². The summed E-state index contributed by atoms with van der Waals surface area (Å²) in [6.07, 6.45) is 2.74. The average molecular weight is 320 g/mol. The molecule has 0 radical (unpaired) electrons. The fourth-order valence-electron chi connectivity index (χ4n) is 1.96. The Morgan fingerprint density at radius 3 is 2.58 bits per heavy atom. The van der Waals surface area contributed by atoms with E-state index >= 15 is 0 Å². The monoisotopic (exact) mass is 319 g/mol. The number of aromatic nitrogens is 1. The van der Waals surface area contributed by atoms with Crippen LogP contribution in [0.5, 0.6) is 5.75 Å². The summed E-state index contributed by atoms with van der Waals surface area (Å²) in [7, 11) is 0. The Balaban J connectivity index is 2.07. The summed E-state index contributed by atoms with van der Waals surface area (Å²) in [4.78, 5) is 4.71. The number of aryl methyl sites for hydroxylation is 1. The summed E-state index contributed by atoms with van der Waals surface area (Å²) in [5, 5.41) is 0. The van der Waals surface area contributed by atoms with Crippen LogP contribution < -0.4 is 4.74 Å². The largest absolute Gasteiger partial charge is 0.494 e. The Morgan fingerprint density at radius 1 is 1.21 bits per heavy atom. The fourth-order valence-corrected chi connectivity index (χ4v) is 2.57. The van der Waals surface area contributed by atoms with E-state index in [1.54, 1.807) is 0 Å². The summed E-state index contributed by atoms with van der Waals surface area (Å²) in [5.74, 6) is 0.917. The molecular weight excluding hydrogens is 302 g/mol. The number of nitrogens with zero attached hydrogens (tertiary/aromatic N) is 1. The smallest absolute Gasteiger partial charge is 0.119 e. The van der Waals surface area contributed by atoms with Crippen molar-refractivity contribution in [3.8, 4) is 5.75 Å². The summed E-state index contributed by atoms with van der Waals surface area (Å²) < 4.78 is 5.45. The first-order valence-corrected chi connectivity index (χ1v) is 7.39. The molecule has 19 heavy (non-hydrogen) atoms. The molecule has 1 atom stereocenters. The van der Waals surface area contributed by atoms with Crippen molar-refractivity contribution in [2.45, 2.75) is 25.1 Å². The second kappa shape index (κ2) is 6.71. The van der Waals surface area contributed by atoms with Gasteiger partial charge in [-0.1, -0.05) is 34.1 Å². The second-order valence-corrected chi connectivity index (χ2v) is 5.55. The minimum atomic E-state index is 0.275. The minimum Gasteiger partial charge on any atom is -0.494 e. The highest BCUT2D eigenvalue weighted by Crippen LogP contribution is 2.28. The molecule has 0 amide bonds. The van der Waals surface area contributed by atoms with Crippen molar-refractivity contribution >= 4 is 15.9 Å². The molecule has 3 heteroatoms. The molecular formula is C16H18BrNO. The van der Waals surface area contributed by atoms with Crippen LogP contribution in [0.4, 0.5) is 0 Å². The van der Waals surface area contributed by atoms with E-state index in [-0.39, 0.29) is 4.83 Å². The van der Waals surface area contributed by atoms with Gasteiger partial charge >= 0.3 is 0 Å². The number of alkyl halides is 1. The van der Waals surface area contributed by atoms with E-state index in [2.05, 4.69) is 46.0 Å². The molecule has 0 fully saturated rings. The van der Waals surface area contributed by atoms with E-state index in [1.807, 2.05) is 31.3 Å². The lowest BCUT2D eigenvalue weighted by molar-refractivity contribution is 0.340. The van der Waals surface area contributed by atoms with Crippen LogP contribution in [0.25, 0.3) is 0 Å². The van der Waals surface area contributed by atoms with Crippen LogP contribution in [0.1, 0.15) is 28.6 Å². The molecule has 0 aliphatic heterocycles. The maximum absolute atomic E-state index is 5.45. The molecule has 0 aliphatic carbocycles. The highest BCUT2D eigenvalue weighted by atomic mass is 79.9. The number of ether oxygens (including phenoxy) is 1. The van der Waals surface area contributed by atoms with Crippen molar-refractivity contribution in [1.29, 1.82) is 0 Å². The van der Waals surface area contributed by atoms with Gasteiger partial charge in [-0.05, 0) is 43.2 Å².